The molecule has 0 aromatic rings. The Morgan fingerprint density at radius 1 is 1.43 bits per heavy atom. The highest BCUT2D eigenvalue weighted by Gasteiger charge is 2.25. The van der Waals surface area contributed by atoms with E-state index in [4.69, 9.17) is 0 Å². The highest BCUT2D eigenvalue weighted by atomic mass is 16.3. The number of aliphatic hydroxyl groups is 1. The van der Waals surface area contributed by atoms with Gasteiger partial charge in [-0.15, -0.1) is 0 Å². The summed E-state index contributed by atoms with van der Waals surface area (Å²) in [7, 11) is 1.75. The van der Waals surface area contributed by atoms with Crippen LogP contribution in [0.2, 0.25) is 0 Å². The van der Waals surface area contributed by atoms with Gasteiger partial charge < -0.3 is 15.7 Å². The lowest BCUT2D eigenvalue weighted by Crippen LogP contribution is -2.50. The number of likely N-dealkylation sites (N-methyl/N-ethyl adjacent to an activating group) is 1. The molecule has 1 amide bonds. The first kappa shape index (κ1) is 11.5. The maximum Gasteiger partial charge on any atom is 0.237 e. The summed E-state index contributed by atoms with van der Waals surface area (Å²) >= 11 is 0. The first-order chi connectivity index (χ1) is 6.65. The van der Waals surface area contributed by atoms with Gasteiger partial charge >= 0.3 is 0 Å². The van der Waals surface area contributed by atoms with Crippen LogP contribution in [-0.2, 0) is 4.79 Å². The molecule has 1 unspecified atom stereocenters. The lowest BCUT2D eigenvalue weighted by Gasteiger charge is -2.29. The van der Waals surface area contributed by atoms with Crippen molar-refractivity contribution in [2.75, 3.05) is 7.05 Å². The monoisotopic (exact) mass is 200 g/mol. The van der Waals surface area contributed by atoms with Crippen molar-refractivity contribution in [1.29, 1.82) is 0 Å². The van der Waals surface area contributed by atoms with Crippen molar-refractivity contribution in [2.45, 2.75) is 50.8 Å². The van der Waals surface area contributed by atoms with Crippen LogP contribution in [0.5, 0.6) is 0 Å². The summed E-state index contributed by atoms with van der Waals surface area (Å²) in [6.45, 7) is 1.81. The summed E-state index contributed by atoms with van der Waals surface area (Å²) in [6, 6.07) is -0.240. The highest BCUT2D eigenvalue weighted by Crippen LogP contribution is 2.18. The summed E-state index contributed by atoms with van der Waals surface area (Å²) in [5, 5.41) is 15.4. The van der Waals surface area contributed by atoms with Crippen LogP contribution in [0.25, 0.3) is 0 Å². The van der Waals surface area contributed by atoms with Crippen LogP contribution in [0.4, 0.5) is 0 Å². The van der Waals surface area contributed by atoms with Gasteiger partial charge in [-0.05, 0) is 26.8 Å². The topological polar surface area (TPSA) is 61.4 Å². The van der Waals surface area contributed by atoms with E-state index in [1.807, 2.05) is 6.92 Å². The molecule has 0 aromatic carbocycles. The van der Waals surface area contributed by atoms with Crippen molar-refractivity contribution in [3.63, 3.8) is 0 Å². The number of hydrogen-bond donors (Lipinski definition) is 3. The molecule has 14 heavy (non-hydrogen) atoms. The van der Waals surface area contributed by atoms with Gasteiger partial charge in [0.15, 0.2) is 0 Å². The Labute approximate surface area is 85.1 Å². The summed E-state index contributed by atoms with van der Waals surface area (Å²) in [4.78, 5) is 11.5. The Morgan fingerprint density at radius 3 is 2.64 bits per heavy atom. The minimum atomic E-state index is -0.364. The number of rotatable bonds is 3. The van der Waals surface area contributed by atoms with E-state index in [-0.39, 0.29) is 24.1 Å². The molecule has 3 N–H and O–H groups in total. The molecular weight excluding hydrogens is 180 g/mol. The number of carbonyl (C=O) groups excluding carboxylic acids is 1. The second-order valence-electron chi connectivity index (χ2n) is 3.98. The molecule has 0 heterocycles. The van der Waals surface area contributed by atoms with E-state index in [1.165, 1.54) is 0 Å². The van der Waals surface area contributed by atoms with Gasteiger partial charge in [0.1, 0.15) is 0 Å². The minimum absolute atomic E-state index is 0.0292. The van der Waals surface area contributed by atoms with Gasteiger partial charge in [-0.3, -0.25) is 4.79 Å². The van der Waals surface area contributed by atoms with Crippen molar-refractivity contribution >= 4 is 5.91 Å². The Bertz CT molecular complexity index is 197. The maximum absolute atomic E-state index is 11.5. The maximum atomic E-state index is 11.5. The van der Waals surface area contributed by atoms with Crippen LogP contribution in [0.15, 0.2) is 0 Å². The molecule has 1 saturated carbocycles. The van der Waals surface area contributed by atoms with Crippen molar-refractivity contribution in [2.24, 2.45) is 0 Å². The minimum Gasteiger partial charge on any atom is -0.391 e. The summed E-state index contributed by atoms with van der Waals surface area (Å²) in [5.74, 6) is -0.0292. The van der Waals surface area contributed by atoms with E-state index in [2.05, 4.69) is 10.6 Å². The van der Waals surface area contributed by atoms with Crippen LogP contribution >= 0.6 is 0 Å². The van der Waals surface area contributed by atoms with E-state index in [0.717, 1.165) is 25.7 Å². The second-order valence-corrected chi connectivity index (χ2v) is 3.98. The number of aliphatic hydroxyl groups excluding tert-OH is 1. The van der Waals surface area contributed by atoms with Crippen molar-refractivity contribution in [3.8, 4) is 0 Å². The largest absolute Gasteiger partial charge is 0.391 e. The lowest BCUT2D eigenvalue weighted by atomic mass is 9.92. The highest BCUT2D eigenvalue weighted by molar-refractivity contribution is 5.81. The molecule has 1 aliphatic rings. The third-order valence-electron chi connectivity index (χ3n) is 2.88. The molecule has 4 heteroatoms. The molecule has 82 valence electrons. The Kier molecular flexibility index (Phi) is 4.35. The summed E-state index contributed by atoms with van der Waals surface area (Å²) in [5.41, 5.74) is 0. The van der Waals surface area contributed by atoms with E-state index in [9.17, 15) is 9.90 Å². The predicted molar refractivity (Wildman–Crippen MR) is 54.9 cm³/mol. The van der Waals surface area contributed by atoms with Gasteiger partial charge in [0.25, 0.3) is 0 Å². The Balaban J connectivity index is 2.38. The Morgan fingerprint density at radius 2 is 2.07 bits per heavy atom. The van der Waals surface area contributed by atoms with Gasteiger partial charge in [0.05, 0.1) is 18.2 Å². The third-order valence-corrected chi connectivity index (χ3v) is 2.88. The predicted octanol–water partition coefficient (Wildman–Crippen LogP) is 0.0140. The Hall–Kier alpha value is -0.610. The van der Waals surface area contributed by atoms with Crippen LogP contribution in [0.3, 0.4) is 0 Å². The van der Waals surface area contributed by atoms with Gasteiger partial charge in [-0.1, -0.05) is 12.8 Å². The molecule has 0 radical (unpaired) electrons. The number of carbonyl (C=O) groups is 1. The number of amides is 1. The number of hydrogen-bond acceptors (Lipinski definition) is 3. The first-order valence-corrected chi connectivity index (χ1v) is 5.31. The van der Waals surface area contributed by atoms with Gasteiger partial charge in [-0.2, -0.15) is 0 Å². The molecule has 4 nitrogen and oxygen atoms in total. The fraction of sp³-hybridized carbons (Fsp3) is 0.900. The van der Waals surface area contributed by atoms with Crippen molar-refractivity contribution < 1.29 is 9.90 Å². The molecule has 0 saturated heterocycles. The average Bonchev–Trinajstić information content (AvgIpc) is 2.20. The van der Waals surface area contributed by atoms with Crippen molar-refractivity contribution in [1.82, 2.24) is 10.6 Å². The zero-order valence-electron chi connectivity index (χ0n) is 8.92. The molecule has 0 spiro atoms. The van der Waals surface area contributed by atoms with Gasteiger partial charge in [0, 0.05) is 0 Å². The molecule has 0 aromatic heterocycles. The van der Waals surface area contributed by atoms with Crippen LogP contribution in [0.1, 0.15) is 32.6 Å². The van der Waals surface area contributed by atoms with Crippen LogP contribution < -0.4 is 10.6 Å². The van der Waals surface area contributed by atoms with E-state index in [0.29, 0.717) is 0 Å². The quantitative estimate of drug-likeness (QED) is 0.601. The van der Waals surface area contributed by atoms with E-state index < -0.39 is 0 Å². The SMILES string of the molecule is CNC(C)C(=O)N[C@H]1CCCC[C@@H]1O. The normalized spacial score (nSPS) is 29.6. The molecule has 1 rings (SSSR count). The first-order valence-electron chi connectivity index (χ1n) is 5.31. The van der Waals surface area contributed by atoms with Crippen molar-refractivity contribution in [3.05, 3.63) is 0 Å². The van der Waals surface area contributed by atoms with Gasteiger partial charge in [-0.25, -0.2) is 0 Å². The molecule has 1 fully saturated rings. The molecular formula is C10H20N2O2. The summed E-state index contributed by atoms with van der Waals surface area (Å²) < 4.78 is 0. The fourth-order valence-corrected chi connectivity index (χ4v) is 1.72. The number of nitrogens with one attached hydrogen (secondary N) is 2. The fourth-order valence-electron chi connectivity index (χ4n) is 1.72. The van der Waals surface area contributed by atoms with Crippen LogP contribution in [0, 0.1) is 0 Å². The van der Waals surface area contributed by atoms with E-state index in [1.54, 1.807) is 7.05 Å². The van der Waals surface area contributed by atoms with E-state index >= 15 is 0 Å². The zero-order chi connectivity index (χ0) is 10.6. The average molecular weight is 200 g/mol. The molecule has 0 aliphatic heterocycles. The lowest BCUT2D eigenvalue weighted by molar-refractivity contribution is -0.124. The summed E-state index contributed by atoms with van der Waals surface area (Å²) in [6.07, 6.45) is 3.49. The van der Waals surface area contributed by atoms with Gasteiger partial charge in [0.2, 0.25) is 5.91 Å². The molecule has 3 atom stereocenters. The smallest absolute Gasteiger partial charge is 0.237 e. The zero-order valence-corrected chi connectivity index (χ0v) is 8.92. The van der Waals surface area contributed by atoms with Crippen LogP contribution in [-0.4, -0.2) is 36.2 Å². The molecule has 0 bridgehead atoms. The second kappa shape index (κ2) is 5.32. The third kappa shape index (κ3) is 2.96. The molecule has 1 aliphatic carbocycles. The standard InChI is InChI=1S/C10H20N2O2/c1-7(11-2)10(14)12-8-5-3-4-6-9(8)13/h7-9,11,13H,3-6H2,1-2H3,(H,12,14)/t7?,8-,9-/m0/s1.